The van der Waals surface area contributed by atoms with E-state index >= 15 is 0 Å². The number of para-hydroxylation sites is 2. The first-order chi connectivity index (χ1) is 15.7. The Balaban J connectivity index is 1.34. The van der Waals surface area contributed by atoms with E-state index < -0.39 is 0 Å². The van der Waals surface area contributed by atoms with Gasteiger partial charge in [-0.2, -0.15) is 5.10 Å². The number of aromatic nitrogens is 3. The Morgan fingerprint density at radius 2 is 1.88 bits per heavy atom. The van der Waals surface area contributed by atoms with Crippen LogP contribution in [0.2, 0.25) is 0 Å². The minimum Gasteiger partial charge on any atom is -0.496 e. The van der Waals surface area contributed by atoms with Crippen molar-refractivity contribution in [2.24, 2.45) is 7.05 Å². The standard InChI is InChI=1S/C25H22N4O3/c1-29-21(17-20(28-29)19-11-3-4-12-22(19)31-2)25(30)27-14-5-6-16-32-23-13-7-9-18-10-8-15-26-24(18)23/h3-4,7-13,15,17H,14,16H2,1-2H3,(H,27,30). The van der Waals surface area contributed by atoms with Crippen molar-refractivity contribution in [3.05, 3.63) is 72.6 Å². The highest BCUT2D eigenvalue weighted by atomic mass is 16.5. The monoisotopic (exact) mass is 426 g/mol. The summed E-state index contributed by atoms with van der Waals surface area (Å²) in [5, 5.41) is 8.24. The molecule has 0 spiro atoms. The fraction of sp³-hybridized carbons (Fsp3) is 0.160. The van der Waals surface area contributed by atoms with Crippen LogP contribution in [0.4, 0.5) is 0 Å². The van der Waals surface area contributed by atoms with Crippen LogP contribution in [0.15, 0.2) is 66.9 Å². The highest BCUT2D eigenvalue weighted by Crippen LogP contribution is 2.28. The Hall–Kier alpha value is -4.31. The van der Waals surface area contributed by atoms with Crippen LogP contribution in [0.25, 0.3) is 22.2 Å². The summed E-state index contributed by atoms with van der Waals surface area (Å²) in [6.07, 6.45) is 1.73. The smallest absolute Gasteiger partial charge is 0.270 e. The number of fused-ring (bicyclic) bond motifs is 1. The fourth-order valence-electron chi connectivity index (χ4n) is 3.30. The highest BCUT2D eigenvalue weighted by molar-refractivity contribution is 5.94. The highest BCUT2D eigenvalue weighted by Gasteiger charge is 2.15. The SMILES string of the molecule is COc1ccccc1-c1cc(C(=O)NCC#CCOc2cccc3cccnc23)n(C)n1. The predicted octanol–water partition coefficient (Wildman–Crippen LogP) is 3.46. The van der Waals surface area contributed by atoms with Crippen molar-refractivity contribution in [2.45, 2.75) is 0 Å². The molecule has 0 aliphatic heterocycles. The molecule has 0 saturated carbocycles. The summed E-state index contributed by atoms with van der Waals surface area (Å²) in [4.78, 5) is 16.9. The molecule has 2 aromatic heterocycles. The number of carbonyl (C=O) groups excluding carboxylic acids is 1. The third kappa shape index (κ3) is 4.55. The van der Waals surface area contributed by atoms with Crippen LogP contribution in [0.5, 0.6) is 11.5 Å². The van der Waals surface area contributed by atoms with Crippen LogP contribution in [0.3, 0.4) is 0 Å². The van der Waals surface area contributed by atoms with Gasteiger partial charge in [-0.05, 0) is 30.3 Å². The third-order valence-electron chi connectivity index (χ3n) is 4.85. The molecule has 4 rings (SSSR count). The summed E-state index contributed by atoms with van der Waals surface area (Å²) in [6.45, 7) is 0.403. The lowest BCUT2D eigenvalue weighted by atomic mass is 10.1. The number of nitrogens with zero attached hydrogens (tertiary/aromatic N) is 3. The van der Waals surface area contributed by atoms with Gasteiger partial charge >= 0.3 is 0 Å². The molecular formula is C25H22N4O3. The average molecular weight is 426 g/mol. The molecule has 0 unspecified atom stereocenters. The summed E-state index contributed by atoms with van der Waals surface area (Å²) in [5.41, 5.74) is 2.72. The van der Waals surface area contributed by atoms with Crippen LogP contribution in [-0.2, 0) is 7.05 Å². The van der Waals surface area contributed by atoms with Gasteiger partial charge in [-0.3, -0.25) is 14.5 Å². The van der Waals surface area contributed by atoms with Crippen LogP contribution < -0.4 is 14.8 Å². The molecule has 0 atom stereocenters. The van der Waals surface area contributed by atoms with Crippen molar-refractivity contribution in [3.63, 3.8) is 0 Å². The molecule has 160 valence electrons. The van der Waals surface area contributed by atoms with Gasteiger partial charge in [0.1, 0.15) is 29.3 Å². The van der Waals surface area contributed by atoms with Gasteiger partial charge in [0.05, 0.1) is 19.3 Å². The second-order valence-corrected chi connectivity index (χ2v) is 6.89. The molecule has 0 aliphatic carbocycles. The van der Waals surface area contributed by atoms with Crippen molar-refractivity contribution >= 4 is 16.8 Å². The number of pyridine rings is 1. The zero-order valence-electron chi connectivity index (χ0n) is 17.8. The van der Waals surface area contributed by atoms with Crippen molar-refractivity contribution in [1.82, 2.24) is 20.1 Å². The molecule has 1 amide bonds. The number of benzene rings is 2. The van der Waals surface area contributed by atoms with Gasteiger partial charge < -0.3 is 14.8 Å². The zero-order chi connectivity index (χ0) is 22.3. The lowest BCUT2D eigenvalue weighted by molar-refractivity contribution is 0.0949. The Morgan fingerprint density at radius 1 is 1.06 bits per heavy atom. The molecule has 7 nitrogen and oxygen atoms in total. The maximum absolute atomic E-state index is 12.6. The van der Waals surface area contributed by atoms with E-state index in [1.54, 1.807) is 31.1 Å². The number of aryl methyl sites for hydroxylation is 1. The third-order valence-corrected chi connectivity index (χ3v) is 4.85. The molecule has 32 heavy (non-hydrogen) atoms. The lowest BCUT2D eigenvalue weighted by Gasteiger charge is -2.05. The van der Waals surface area contributed by atoms with Gasteiger partial charge in [0.15, 0.2) is 0 Å². The van der Waals surface area contributed by atoms with Crippen molar-refractivity contribution in [2.75, 3.05) is 20.3 Å². The average Bonchev–Trinajstić information content (AvgIpc) is 3.22. The van der Waals surface area contributed by atoms with Crippen molar-refractivity contribution in [3.8, 4) is 34.6 Å². The molecule has 0 fully saturated rings. The largest absolute Gasteiger partial charge is 0.496 e. The van der Waals surface area contributed by atoms with Gasteiger partial charge in [-0.15, -0.1) is 0 Å². The summed E-state index contributed by atoms with van der Waals surface area (Å²) in [5.74, 6) is 6.94. The van der Waals surface area contributed by atoms with Gasteiger partial charge in [0.25, 0.3) is 5.91 Å². The van der Waals surface area contributed by atoms with Gasteiger partial charge in [0, 0.05) is 24.2 Å². The van der Waals surface area contributed by atoms with Gasteiger partial charge in [-0.25, -0.2) is 0 Å². The molecule has 0 saturated heterocycles. The number of nitrogens with one attached hydrogen (secondary N) is 1. The molecule has 2 heterocycles. The van der Waals surface area contributed by atoms with E-state index in [4.69, 9.17) is 9.47 Å². The van der Waals surface area contributed by atoms with E-state index in [9.17, 15) is 4.79 Å². The Morgan fingerprint density at radius 3 is 2.75 bits per heavy atom. The number of hydrogen-bond donors (Lipinski definition) is 1. The quantitative estimate of drug-likeness (QED) is 0.478. The second kappa shape index (κ2) is 9.67. The van der Waals surface area contributed by atoms with Gasteiger partial charge in [-0.1, -0.05) is 42.2 Å². The molecule has 2 aromatic carbocycles. The lowest BCUT2D eigenvalue weighted by Crippen LogP contribution is -2.25. The minimum atomic E-state index is -0.255. The summed E-state index contributed by atoms with van der Waals surface area (Å²) in [7, 11) is 3.33. The maximum Gasteiger partial charge on any atom is 0.270 e. The van der Waals surface area contributed by atoms with Crippen LogP contribution in [0.1, 0.15) is 10.5 Å². The number of ether oxygens (including phenoxy) is 2. The predicted molar refractivity (Wildman–Crippen MR) is 123 cm³/mol. The van der Waals surface area contributed by atoms with E-state index in [1.807, 2.05) is 54.6 Å². The number of hydrogen-bond acceptors (Lipinski definition) is 5. The second-order valence-electron chi connectivity index (χ2n) is 6.89. The normalized spacial score (nSPS) is 10.3. The van der Waals surface area contributed by atoms with E-state index in [0.29, 0.717) is 22.9 Å². The molecule has 7 heteroatoms. The first kappa shape index (κ1) is 20.9. The van der Waals surface area contributed by atoms with Crippen LogP contribution in [-0.4, -0.2) is 40.9 Å². The first-order valence-corrected chi connectivity index (χ1v) is 10.1. The summed E-state index contributed by atoms with van der Waals surface area (Å²) >= 11 is 0. The van der Waals surface area contributed by atoms with Crippen LogP contribution in [0, 0.1) is 11.8 Å². The number of rotatable bonds is 6. The number of methoxy groups -OCH3 is 1. The fourth-order valence-corrected chi connectivity index (χ4v) is 3.30. The van der Waals surface area contributed by atoms with E-state index in [2.05, 4.69) is 27.2 Å². The van der Waals surface area contributed by atoms with E-state index in [-0.39, 0.29) is 19.1 Å². The summed E-state index contributed by atoms with van der Waals surface area (Å²) < 4.78 is 12.7. The van der Waals surface area contributed by atoms with Crippen LogP contribution >= 0.6 is 0 Å². The molecular weight excluding hydrogens is 404 g/mol. The Labute approximate surface area is 186 Å². The Kier molecular flexibility index (Phi) is 6.33. The van der Waals surface area contributed by atoms with Gasteiger partial charge in [0.2, 0.25) is 0 Å². The first-order valence-electron chi connectivity index (χ1n) is 10.1. The zero-order valence-corrected chi connectivity index (χ0v) is 17.8. The topological polar surface area (TPSA) is 78.3 Å². The number of carbonyl (C=O) groups is 1. The molecule has 0 bridgehead atoms. The maximum atomic E-state index is 12.6. The molecule has 4 aromatic rings. The number of amides is 1. The molecule has 0 aliphatic rings. The van der Waals surface area contributed by atoms with E-state index in [1.165, 1.54) is 0 Å². The van der Waals surface area contributed by atoms with Crippen molar-refractivity contribution in [1.29, 1.82) is 0 Å². The Bertz CT molecular complexity index is 1310. The molecule has 1 N–H and O–H groups in total. The van der Waals surface area contributed by atoms with E-state index in [0.717, 1.165) is 16.5 Å². The van der Waals surface area contributed by atoms with Crippen molar-refractivity contribution < 1.29 is 14.3 Å². The molecule has 0 radical (unpaired) electrons. The summed E-state index contributed by atoms with van der Waals surface area (Å²) in [6, 6.07) is 18.9. The minimum absolute atomic E-state index is 0.200.